The molecule has 4 heteroatoms. The number of nitrogens with one attached hydrogen (secondary N) is 1. The summed E-state index contributed by atoms with van der Waals surface area (Å²) in [5.41, 5.74) is 2.85. The zero-order valence-electron chi connectivity index (χ0n) is 15.7. The van der Waals surface area contributed by atoms with E-state index in [1.807, 2.05) is 50.3 Å². The van der Waals surface area contributed by atoms with E-state index < -0.39 is 0 Å². The Morgan fingerprint density at radius 1 is 1.24 bits per heavy atom. The fraction of sp³-hybridized carbons (Fsp3) is 0.333. The lowest BCUT2D eigenvalue weighted by Crippen LogP contribution is -2.23. The van der Waals surface area contributed by atoms with Crippen LogP contribution in [0.5, 0.6) is 5.75 Å². The summed E-state index contributed by atoms with van der Waals surface area (Å²) < 4.78 is 5.83. The molecule has 1 amide bonds. The van der Waals surface area contributed by atoms with Gasteiger partial charge in [-0.2, -0.15) is 0 Å². The maximum absolute atomic E-state index is 11.9. The molecule has 0 aliphatic rings. The van der Waals surface area contributed by atoms with Crippen molar-refractivity contribution in [2.75, 3.05) is 13.7 Å². The van der Waals surface area contributed by atoms with Gasteiger partial charge in [0.25, 0.3) is 5.91 Å². The standard InChI is InChI=1S/C21H27NO3/c1-6-8-9-10-18-15(3)17(11-12-20(18)25-13-7-2)14-19(16(4)23)21(24)22-5/h6,8-12,14H,7,13H2,1-5H3,(H,22,24)/b8-6-,10-9-,19-14+. The first-order valence-corrected chi connectivity index (χ1v) is 8.46. The van der Waals surface area contributed by atoms with Gasteiger partial charge in [0.1, 0.15) is 5.75 Å². The largest absolute Gasteiger partial charge is 0.493 e. The molecule has 1 N–H and O–H groups in total. The molecule has 0 unspecified atom stereocenters. The monoisotopic (exact) mass is 341 g/mol. The van der Waals surface area contributed by atoms with Gasteiger partial charge in [0, 0.05) is 12.6 Å². The maximum Gasteiger partial charge on any atom is 0.254 e. The molecule has 0 atom stereocenters. The molecule has 1 aromatic carbocycles. The van der Waals surface area contributed by atoms with Crippen LogP contribution in [0, 0.1) is 6.92 Å². The fourth-order valence-corrected chi connectivity index (χ4v) is 2.30. The van der Waals surface area contributed by atoms with Crippen LogP contribution in [0.1, 0.15) is 43.9 Å². The van der Waals surface area contributed by atoms with E-state index in [0.29, 0.717) is 6.61 Å². The second-order valence-corrected chi connectivity index (χ2v) is 5.62. The van der Waals surface area contributed by atoms with Gasteiger partial charge in [0.05, 0.1) is 12.2 Å². The van der Waals surface area contributed by atoms with E-state index in [-0.39, 0.29) is 17.3 Å². The van der Waals surface area contributed by atoms with Gasteiger partial charge < -0.3 is 10.1 Å². The Labute approximate surface area is 150 Å². The molecule has 0 spiro atoms. The summed E-state index contributed by atoms with van der Waals surface area (Å²) in [7, 11) is 1.51. The van der Waals surface area contributed by atoms with Gasteiger partial charge in [-0.1, -0.05) is 37.3 Å². The second-order valence-electron chi connectivity index (χ2n) is 5.62. The summed E-state index contributed by atoms with van der Waals surface area (Å²) >= 11 is 0. The third kappa shape index (κ3) is 5.75. The van der Waals surface area contributed by atoms with Crippen molar-refractivity contribution in [3.63, 3.8) is 0 Å². The van der Waals surface area contributed by atoms with Crippen molar-refractivity contribution in [1.29, 1.82) is 0 Å². The van der Waals surface area contributed by atoms with Crippen molar-refractivity contribution in [2.24, 2.45) is 0 Å². The Kier molecular flexibility index (Phi) is 8.40. The predicted molar refractivity (Wildman–Crippen MR) is 104 cm³/mol. The zero-order valence-corrected chi connectivity index (χ0v) is 15.7. The van der Waals surface area contributed by atoms with Crippen LogP contribution in [0.15, 0.2) is 35.9 Å². The Balaban J connectivity index is 3.45. The molecule has 0 aliphatic heterocycles. The lowest BCUT2D eigenvalue weighted by Gasteiger charge is -2.14. The molecule has 134 valence electrons. The van der Waals surface area contributed by atoms with E-state index in [0.717, 1.165) is 28.9 Å². The number of Topliss-reactive ketones (excluding diaryl/α,β-unsaturated/α-hetero) is 1. The lowest BCUT2D eigenvalue weighted by molar-refractivity contribution is -0.121. The number of ketones is 1. The van der Waals surface area contributed by atoms with Crippen molar-refractivity contribution in [3.05, 3.63) is 52.6 Å². The Morgan fingerprint density at radius 2 is 1.96 bits per heavy atom. The van der Waals surface area contributed by atoms with E-state index in [1.54, 1.807) is 6.08 Å². The van der Waals surface area contributed by atoms with Gasteiger partial charge in [-0.15, -0.1) is 0 Å². The van der Waals surface area contributed by atoms with Crippen molar-refractivity contribution in [3.8, 4) is 5.75 Å². The summed E-state index contributed by atoms with van der Waals surface area (Å²) in [5.74, 6) is 0.141. The number of carbonyl (C=O) groups is 2. The van der Waals surface area contributed by atoms with Gasteiger partial charge in [-0.25, -0.2) is 0 Å². The number of rotatable bonds is 8. The summed E-state index contributed by atoms with van der Waals surface area (Å²) in [4.78, 5) is 23.7. The molecular weight excluding hydrogens is 314 g/mol. The molecule has 0 heterocycles. The number of allylic oxidation sites excluding steroid dienone is 3. The number of hydrogen-bond acceptors (Lipinski definition) is 3. The summed E-state index contributed by atoms with van der Waals surface area (Å²) in [6, 6.07) is 3.75. The number of carbonyl (C=O) groups excluding carboxylic acids is 2. The van der Waals surface area contributed by atoms with Crippen LogP contribution in [0.25, 0.3) is 12.2 Å². The van der Waals surface area contributed by atoms with Crippen molar-refractivity contribution >= 4 is 23.8 Å². The van der Waals surface area contributed by atoms with Crippen LogP contribution in [0.2, 0.25) is 0 Å². The normalized spacial score (nSPS) is 12.0. The molecule has 0 aromatic heterocycles. The van der Waals surface area contributed by atoms with Crippen LogP contribution >= 0.6 is 0 Å². The molecule has 1 aromatic rings. The first-order valence-electron chi connectivity index (χ1n) is 8.46. The van der Waals surface area contributed by atoms with E-state index in [1.165, 1.54) is 14.0 Å². The lowest BCUT2D eigenvalue weighted by atomic mass is 9.97. The molecule has 0 saturated heterocycles. The van der Waals surface area contributed by atoms with E-state index in [9.17, 15) is 9.59 Å². The average molecular weight is 341 g/mol. The highest BCUT2D eigenvalue weighted by atomic mass is 16.5. The Morgan fingerprint density at radius 3 is 2.52 bits per heavy atom. The predicted octanol–water partition coefficient (Wildman–Crippen LogP) is 4.09. The highest BCUT2D eigenvalue weighted by Gasteiger charge is 2.15. The fourth-order valence-electron chi connectivity index (χ4n) is 2.30. The van der Waals surface area contributed by atoms with Crippen LogP contribution < -0.4 is 10.1 Å². The number of amides is 1. The smallest absolute Gasteiger partial charge is 0.254 e. The third-order valence-corrected chi connectivity index (χ3v) is 3.70. The molecule has 25 heavy (non-hydrogen) atoms. The molecule has 0 fully saturated rings. The highest BCUT2D eigenvalue weighted by Crippen LogP contribution is 2.28. The first-order chi connectivity index (χ1) is 12.0. The first kappa shape index (κ1) is 20.4. The molecule has 0 bridgehead atoms. The van der Waals surface area contributed by atoms with Crippen LogP contribution in [0.3, 0.4) is 0 Å². The maximum atomic E-state index is 11.9. The molecule has 4 nitrogen and oxygen atoms in total. The minimum atomic E-state index is -0.385. The Bertz CT molecular complexity index is 712. The molecule has 0 saturated carbocycles. The van der Waals surface area contributed by atoms with Gasteiger partial charge in [-0.05, 0) is 50.5 Å². The van der Waals surface area contributed by atoms with E-state index >= 15 is 0 Å². The molecule has 0 radical (unpaired) electrons. The second kappa shape index (κ2) is 10.3. The Hall–Kier alpha value is -2.62. The van der Waals surface area contributed by atoms with Gasteiger partial charge >= 0.3 is 0 Å². The summed E-state index contributed by atoms with van der Waals surface area (Å²) in [5, 5.41) is 2.51. The van der Waals surface area contributed by atoms with Crippen molar-refractivity contribution in [2.45, 2.75) is 34.1 Å². The number of benzene rings is 1. The molecule has 0 aliphatic carbocycles. The van der Waals surface area contributed by atoms with Gasteiger partial charge in [-0.3, -0.25) is 9.59 Å². The van der Waals surface area contributed by atoms with E-state index in [4.69, 9.17) is 4.74 Å². The quantitative estimate of drug-likeness (QED) is 0.335. The average Bonchev–Trinajstić information content (AvgIpc) is 2.60. The zero-order chi connectivity index (χ0) is 18.8. The minimum Gasteiger partial charge on any atom is -0.493 e. The SMILES string of the molecule is C/C=C\C=C/c1c(OCCC)ccc(/C=C(\C(C)=O)C(=O)NC)c1C. The van der Waals surface area contributed by atoms with Crippen molar-refractivity contribution < 1.29 is 14.3 Å². The van der Waals surface area contributed by atoms with Gasteiger partial charge in [0.2, 0.25) is 0 Å². The van der Waals surface area contributed by atoms with Gasteiger partial charge in [0.15, 0.2) is 5.78 Å². The van der Waals surface area contributed by atoms with Crippen LogP contribution in [-0.2, 0) is 9.59 Å². The molecule has 1 rings (SSSR count). The minimum absolute atomic E-state index is 0.135. The van der Waals surface area contributed by atoms with Crippen LogP contribution in [0.4, 0.5) is 0 Å². The number of likely N-dealkylation sites (N-methyl/N-ethyl adjacent to an activating group) is 1. The van der Waals surface area contributed by atoms with Crippen LogP contribution in [-0.4, -0.2) is 25.3 Å². The van der Waals surface area contributed by atoms with E-state index in [2.05, 4.69) is 12.2 Å². The van der Waals surface area contributed by atoms with Crippen molar-refractivity contribution in [1.82, 2.24) is 5.32 Å². The summed E-state index contributed by atoms with van der Waals surface area (Å²) in [6.45, 7) is 7.99. The summed E-state index contributed by atoms with van der Waals surface area (Å²) in [6.07, 6.45) is 10.4. The number of hydrogen-bond donors (Lipinski definition) is 1. The topological polar surface area (TPSA) is 55.4 Å². The molecular formula is C21H27NO3. The third-order valence-electron chi connectivity index (χ3n) is 3.70. The number of ether oxygens (including phenoxy) is 1. The highest BCUT2D eigenvalue weighted by molar-refractivity contribution is 6.21.